The molecule has 2 aromatic rings. The van der Waals surface area contributed by atoms with Gasteiger partial charge in [0.2, 0.25) is 0 Å². The van der Waals surface area contributed by atoms with Crippen molar-refractivity contribution in [3.8, 4) is 11.5 Å². The molecule has 0 fully saturated rings. The van der Waals surface area contributed by atoms with Crippen molar-refractivity contribution < 1.29 is 4.74 Å². The van der Waals surface area contributed by atoms with Crippen molar-refractivity contribution in [1.29, 1.82) is 0 Å². The van der Waals surface area contributed by atoms with Gasteiger partial charge in [-0.3, -0.25) is 0 Å². The highest BCUT2D eigenvalue weighted by molar-refractivity contribution is 14.1. The van der Waals surface area contributed by atoms with Gasteiger partial charge in [-0.25, -0.2) is 0 Å². The van der Waals surface area contributed by atoms with E-state index in [9.17, 15) is 0 Å². The minimum atomic E-state index is 0.134. The molecule has 2 rings (SSSR count). The molecule has 1 atom stereocenters. The maximum atomic E-state index is 6.07. The molecule has 0 radical (unpaired) electrons. The van der Waals surface area contributed by atoms with Crippen LogP contribution in [0.3, 0.4) is 0 Å². The van der Waals surface area contributed by atoms with Gasteiger partial charge >= 0.3 is 0 Å². The Kier molecular flexibility index (Phi) is 5.69. The Balaban J connectivity index is 2.27. The minimum Gasteiger partial charge on any atom is -0.457 e. The Labute approximate surface area is 138 Å². The zero-order chi connectivity index (χ0) is 14.5. The van der Waals surface area contributed by atoms with Gasteiger partial charge in [0, 0.05) is 14.6 Å². The van der Waals surface area contributed by atoms with Crippen LogP contribution in [0.15, 0.2) is 42.5 Å². The molecule has 0 aliphatic carbocycles. The molecule has 1 unspecified atom stereocenters. The van der Waals surface area contributed by atoms with Gasteiger partial charge in [-0.1, -0.05) is 30.7 Å². The van der Waals surface area contributed by atoms with Crippen LogP contribution >= 0.6 is 34.2 Å². The maximum Gasteiger partial charge on any atom is 0.132 e. The molecular weight excluding hydrogens is 385 g/mol. The number of hydrogen-bond acceptors (Lipinski definition) is 2. The van der Waals surface area contributed by atoms with Crippen molar-refractivity contribution in [1.82, 2.24) is 0 Å². The van der Waals surface area contributed by atoms with E-state index in [1.54, 1.807) is 0 Å². The van der Waals surface area contributed by atoms with Crippen LogP contribution in [0, 0.1) is 3.57 Å². The second kappa shape index (κ2) is 7.29. The Morgan fingerprint density at radius 2 is 2.05 bits per heavy atom. The topological polar surface area (TPSA) is 35.2 Å². The van der Waals surface area contributed by atoms with Gasteiger partial charge in [0.25, 0.3) is 0 Å². The predicted molar refractivity (Wildman–Crippen MR) is 92.7 cm³/mol. The average Bonchev–Trinajstić information content (AvgIpc) is 2.41. The Bertz CT molecular complexity index is 588. The van der Waals surface area contributed by atoms with E-state index in [-0.39, 0.29) is 6.04 Å². The smallest absolute Gasteiger partial charge is 0.132 e. The molecule has 0 saturated carbocycles. The Hall–Kier alpha value is -0.780. The van der Waals surface area contributed by atoms with Crippen molar-refractivity contribution in [3.05, 3.63) is 56.6 Å². The lowest BCUT2D eigenvalue weighted by molar-refractivity contribution is 0.472. The van der Waals surface area contributed by atoms with E-state index in [1.807, 2.05) is 42.5 Å². The van der Waals surface area contributed by atoms with Gasteiger partial charge in [-0.15, -0.1) is 0 Å². The maximum absolute atomic E-state index is 6.07. The fourth-order valence-corrected chi connectivity index (χ4v) is 2.55. The molecule has 106 valence electrons. The molecule has 0 aliphatic rings. The minimum absolute atomic E-state index is 0.134. The Morgan fingerprint density at radius 1 is 1.25 bits per heavy atom. The third-order valence-corrected chi connectivity index (χ3v) is 3.97. The van der Waals surface area contributed by atoms with Crippen molar-refractivity contribution >= 4 is 34.2 Å². The lowest BCUT2D eigenvalue weighted by Crippen LogP contribution is -2.21. The van der Waals surface area contributed by atoms with Gasteiger partial charge in [-0.2, -0.15) is 0 Å². The summed E-state index contributed by atoms with van der Waals surface area (Å²) >= 11 is 8.34. The molecule has 2 aromatic carbocycles. The molecule has 0 spiro atoms. The molecular formula is C16H17ClINO. The number of nitrogens with two attached hydrogens (primary N) is 1. The van der Waals surface area contributed by atoms with Gasteiger partial charge in [-0.05, 0) is 71.3 Å². The molecule has 4 heteroatoms. The SMILES string of the molecule is CCC(N)Cc1ccc(Cl)cc1Oc1cccc(I)c1. The lowest BCUT2D eigenvalue weighted by atomic mass is 10.0. The van der Waals surface area contributed by atoms with Crippen LogP contribution in [0.5, 0.6) is 11.5 Å². The molecule has 0 amide bonds. The summed E-state index contributed by atoms with van der Waals surface area (Å²) < 4.78 is 7.11. The third-order valence-electron chi connectivity index (χ3n) is 3.06. The van der Waals surface area contributed by atoms with E-state index in [1.165, 1.54) is 0 Å². The number of ether oxygens (including phenoxy) is 1. The molecule has 0 saturated heterocycles. The average molecular weight is 402 g/mol. The van der Waals surface area contributed by atoms with E-state index in [4.69, 9.17) is 22.1 Å². The monoisotopic (exact) mass is 401 g/mol. The largest absolute Gasteiger partial charge is 0.457 e. The van der Waals surface area contributed by atoms with E-state index >= 15 is 0 Å². The van der Waals surface area contributed by atoms with Crippen molar-refractivity contribution in [3.63, 3.8) is 0 Å². The fourth-order valence-electron chi connectivity index (χ4n) is 1.88. The summed E-state index contributed by atoms with van der Waals surface area (Å²) in [5, 5.41) is 0.666. The summed E-state index contributed by atoms with van der Waals surface area (Å²) in [5.41, 5.74) is 7.13. The second-order valence-corrected chi connectivity index (χ2v) is 6.37. The molecule has 20 heavy (non-hydrogen) atoms. The van der Waals surface area contributed by atoms with E-state index in [0.717, 1.165) is 33.5 Å². The highest BCUT2D eigenvalue weighted by Crippen LogP contribution is 2.30. The summed E-state index contributed by atoms with van der Waals surface area (Å²) in [6, 6.07) is 13.8. The normalized spacial score (nSPS) is 12.2. The molecule has 0 aromatic heterocycles. The summed E-state index contributed by atoms with van der Waals surface area (Å²) in [7, 11) is 0. The van der Waals surface area contributed by atoms with Crippen LogP contribution in [0.4, 0.5) is 0 Å². The first-order chi connectivity index (χ1) is 9.58. The Morgan fingerprint density at radius 3 is 2.75 bits per heavy atom. The third kappa shape index (κ3) is 4.36. The second-order valence-electron chi connectivity index (χ2n) is 4.68. The molecule has 0 heterocycles. The number of rotatable bonds is 5. The van der Waals surface area contributed by atoms with Crippen LogP contribution in [0.25, 0.3) is 0 Å². The van der Waals surface area contributed by atoms with Crippen LogP contribution in [-0.4, -0.2) is 6.04 Å². The zero-order valence-corrected chi connectivity index (χ0v) is 14.2. The molecule has 0 bridgehead atoms. The van der Waals surface area contributed by atoms with Crippen molar-refractivity contribution in [2.45, 2.75) is 25.8 Å². The number of hydrogen-bond donors (Lipinski definition) is 1. The number of halogens is 2. The first kappa shape index (κ1) is 15.6. The van der Waals surface area contributed by atoms with Crippen molar-refractivity contribution in [2.75, 3.05) is 0 Å². The van der Waals surface area contributed by atoms with Crippen molar-refractivity contribution in [2.24, 2.45) is 5.73 Å². The van der Waals surface area contributed by atoms with Crippen LogP contribution in [0.2, 0.25) is 5.02 Å². The molecule has 2 nitrogen and oxygen atoms in total. The molecule has 0 aliphatic heterocycles. The number of benzene rings is 2. The van der Waals surface area contributed by atoms with Crippen LogP contribution < -0.4 is 10.5 Å². The van der Waals surface area contributed by atoms with Gasteiger partial charge in [0.15, 0.2) is 0 Å². The highest BCUT2D eigenvalue weighted by atomic mass is 127. The predicted octanol–water partition coefficient (Wildman–Crippen LogP) is 5.02. The fraction of sp³-hybridized carbons (Fsp3) is 0.250. The summed E-state index contributed by atoms with van der Waals surface area (Å²) in [4.78, 5) is 0. The quantitative estimate of drug-likeness (QED) is 0.714. The lowest BCUT2D eigenvalue weighted by Gasteiger charge is -2.14. The van der Waals surface area contributed by atoms with Gasteiger partial charge in [0.1, 0.15) is 11.5 Å². The van der Waals surface area contributed by atoms with E-state index in [2.05, 4.69) is 29.5 Å². The first-order valence-electron chi connectivity index (χ1n) is 6.56. The standard InChI is InChI=1S/C16H17ClINO/c1-2-14(19)8-11-6-7-12(17)9-16(11)20-15-5-3-4-13(18)10-15/h3-7,9-10,14H,2,8,19H2,1H3. The highest BCUT2D eigenvalue weighted by Gasteiger charge is 2.10. The summed E-state index contributed by atoms with van der Waals surface area (Å²) in [5.74, 6) is 1.59. The molecule has 2 N–H and O–H groups in total. The van der Waals surface area contributed by atoms with Gasteiger partial charge in [0.05, 0.1) is 0 Å². The summed E-state index contributed by atoms with van der Waals surface area (Å²) in [6.45, 7) is 2.08. The zero-order valence-electron chi connectivity index (χ0n) is 11.3. The van der Waals surface area contributed by atoms with E-state index < -0.39 is 0 Å². The first-order valence-corrected chi connectivity index (χ1v) is 8.01. The summed E-state index contributed by atoms with van der Waals surface area (Å²) in [6.07, 6.45) is 1.72. The van der Waals surface area contributed by atoms with Crippen LogP contribution in [0.1, 0.15) is 18.9 Å². The van der Waals surface area contributed by atoms with Crippen LogP contribution in [-0.2, 0) is 6.42 Å². The van der Waals surface area contributed by atoms with Gasteiger partial charge < -0.3 is 10.5 Å². The van der Waals surface area contributed by atoms with E-state index in [0.29, 0.717) is 5.02 Å².